The summed E-state index contributed by atoms with van der Waals surface area (Å²) in [6.07, 6.45) is 1.85. The Labute approximate surface area is 197 Å². The summed E-state index contributed by atoms with van der Waals surface area (Å²) in [5.41, 5.74) is 2.78. The third kappa shape index (κ3) is 3.92. The van der Waals surface area contributed by atoms with E-state index in [0.29, 0.717) is 13.0 Å². The Balaban J connectivity index is 1.14. The zero-order valence-electron chi connectivity index (χ0n) is 18.8. The molecule has 8 heteroatoms. The molecule has 5 rings (SSSR count). The van der Waals surface area contributed by atoms with Crippen LogP contribution >= 0.6 is 0 Å². The van der Waals surface area contributed by atoms with E-state index in [1.165, 1.54) is 16.0 Å². The van der Waals surface area contributed by atoms with Gasteiger partial charge in [-0.3, -0.25) is 4.79 Å². The summed E-state index contributed by atoms with van der Waals surface area (Å²) in [4.78, 5) is 37.8. The molecule has 34 heavy (non-hydrogen) atoms. The summed E-state index contributed by atoms with van der Waals surface area (Å²) in [5.74, 6) is -1.80. The zero-order valence-corrected chi connectivity index (χ0v) is 18.8. The van der Waals surface area contributed by atoms with Crippen LogP contribution in [-0.4, -0.2) is 64.9 Å². The van der Waals surface area contributed by atoms with Crippen LogP contribution in [0.2, 0.25) is 0 Å². The molecular formula is C26H28N2O6. The molecule has 0 bridgehead atoms. The van der Waals surface area contributed by atoms with E-state index >= 15 is 0 Å². The van der Waals surface area contributed by atoms with Gasteiger partial charge in [0.05, 0.1) is 13.1 Å². The van der Waals surface area contributed by atoms with Crippen molar-refractivity contribution in [2.24, 2.45) is 11.8 Å². The lowest BCUT2D eigenvalue weighted by Crippen LogP contribution is -2.68. The van der Waals surface area contributed by atoms with E-state index in [-0.39, 0.29) is 43.4 Å². The molecule has 8 nitrogen and oxygen atoms in total. The molecule has 0 aromatic heterocycles. The molecule has 0 radical (unpaired) electrons. The predicted molar refractivity (Wildman–Crippen MR) is 123 cm³/mol. The number of nitrogens with zero attached hydrogens (tertiary/aromatic N) is 1. The van der Waals surface area contributed by atoms with E-state index in [1.807, 2.05) is 24.3 Å². The smallest absolute Gasteiger partial charge is 0.407 e. The molecule has 1 saturated carbocycles. The van der Waals surface area contributed by atoms with E-state index in [9.17, 15) is 19.5 Å². The summed E-state index contributed by atoms with van der Waals surface area (Å²) in [7, 11) is 0. The van der Waals surface area contributed by atoms with Crippen molar-refractivity contribution < 1.29 is 29.3 Å². The average molecular weight is 465 g/mol. The number of aliphatic hydroxyl groups is 1. The highest BCUT2D eigenvalue weighted by molar-refractivity contribution is 5.86. The number of likely N-dealkylation sites (tertiary alicyclic amines) is 1. The van der Waals surface area contributed by atoms with Crippen molar-refractivity contribution in [3.8, 4) is 11.1 Å². The fourth-order valence-corrected chi connectivity index (χ4v) is 5.58. The first kappa shape index (κ1) is 22.4. The maximum Gasteiger partial charge on any atom is 0.407 e. The van der Waals surface area contributed by atoms with E-state index in [4.69, 9.17) is 9.84 Å². The molecule has 2 aliphatic carbocycles. The Bertz CT molecular complexity index is 1080. The van der Waals surface area contributed by atoms with Gasteiger partial charge in [0.2, 0.25) is 5.91 Å². The Morgan fingerprint density at radius 2 is 1.62 bits per heavy atom. The van der Waals surface area contributed by atoms with Gasteiger partial charge in [0.15, 0.2) is 5.60 Å². The maximum atomic E-state index is 12.8. The summed E-state index contributed by atoms with van der Waals surface area (Å²) in [5, 5.41) is 21.8. The number of hydrogen-bond donors (Lipinski definition) is 3. The molecule has 0 spiro atoms. The normalized spacial score (nSPS) is 22.4. The monoisotopic (exact) mass is 464 g/mol. The van der Waals surface area contributed by atoms with Crippen LogP contribution in [0.5, 0.6) is 0 Å². The van der Waals surface area contributed by atoms with E-state index in [1.54, 1.807) is 0 Å². The van der Waals surface area contributed by atoms with Crippen molar-refractivity contribution in [2.45, 2.75) is 30.8 Å². The van der Waals surface area contributed by atoms with Crippen molar-refractivity contribution in [3.63, 3.8) is 0 Å². The van der Waals surface area contributed by atoms with E-state index in [0.717, 1.165) is 24.0 Å². The van der Waals surface area contributed by atoms with Crippen LogP contribution in [0.1, 0.15) is 36.3 Å². The molecule has 2 amide bonds. The number of fused-ring (bicyclic) bond motifs is 3. The molecule has 1 heterocycles. The number of carboxylic acids is 1. The van der Waals surface area contributed by atoms with E-state index < -0.39 is 17.7 Å². The summed E-state index contributed by atoms with van der Waals surface area (Å²) in [6, 6.07) is 16.3. The van der Waals surface area contributed by atoms with Crippen molar-refractivity contribution in [2.75, 3.05) is 26.2 Å². The Morgan fingerprint density at radius 3 is 2.24 bits per heavy atom. The van der Waals surface area contributed by atoms with Gasteiger partial charge in [-0.2, -0.15) is 0 Å². The summed E-state index contributed by atoms with van der Waals surface area (Å²) in [6.45, 7) is 0.174. The summed E-state index contributed by atoms with van der Waals surface area (Å²) >= 11 is 0. The van der Waals surface area contributed by atoms with Crippen LogP contribution in [0, 0.1) is 11.8 Å². The molecule has 1 aliphatic heterocycles. The van der Waals surface area contributed by atoms with Gasteiger partial charge in [-0.15, -0.1) is 0 Å². The van der Waals surface area contributed by atoms with Gasteiger partial charge in [0.25, 0.3) is 0 Å². The highest BCUT2D eigenvalue weighted by atomic mass is 16.5. The first-order valence-corrected chi connectivity index (χ1v) is 11.7. The third-order valence-corrected chi connectivity index (χ3v) is 7.44. The molecule has 1 saturated heterocycles. The lowest BCUT2D eigenvalue weighted by Gasteiger charge is -2.44. The van der Waals surface area contributed by atoms with Crippen molar-refractivity contribution in [1.82, 2.24) is 10.2 Å². The van der Waals surface area contributed by atoms with Crippen molar-refractivity contribution in [1.29, 1.82) is 0 Å². The molecule has 2 atom stereocenters. The quantitative estimate of drug-likeness (QED) is 0.605. The van der Waals surface area contributed by atoms with Gasteiger partial charge in [-0.25, -0.2) is 9.59 Å². The highest BCUT2D eigenvalue weighted by Gasteiger charge is 2.52. The number of hydrogen-bond acceptors (Lipinski definition) is 5. The minimum absolute atomic E-state index is 0.0154. The van der Waals surface area contributed by atoms with Crippen LogP contribution in [-0.2, 0) is 14.3 Å². The number of alkyl carbamates (subject to hydrolysis) is 1. The van der Waals surface area contributed by atoms with Gasteiger partial charge >= 0.3 is 12.1 Å². The minimum Gasteiger partial charge on any atom is -0.479 e. The molecule has 2 aromatic rings. The highest BCUT2D eigenvalue weighted by Crippen LogP contribution is 2.44. The molecule has 3 N–H and O–H groups in total. The number of carboxylic acid groups (broad SMARTS) is 1. The second-order valence-corrected chi connectivity index (χ2v) is 9.53. The number of aliphatic carboxylic acids is 1. The Hall–Kier alpha value is -3.39. The Morgan fingerprint density at radius 1 is 1.00 bits per heavy atom. The largest absolute Gasteiger partial charge is 0.479 e. The standard InChI is InChI=1S/C26H28N2O6/c29-23(28-14-26(33,15-28)24(30)31)17-11-5-6-16(17)12-27-25(32)34-13-22-20-9-3-1-7-18(20)19-8-2-4-10-21(19)22/h1-4,7-10,16-17,22,33H,5-6,11-15H2,(H,27,32)(H,30,31). The minimum atomic E-state index is -1.84. The molecule has 178 valence electrons. The van der Waals surface area contributed by atoms with Crippen LogP contribution in [0.15, 0.2) is 48.5 Å². The number of carbonyl (C=O) groups excluding carboxylic acids is 2. The van der Waals surface area contributed by atoms with Gasteiger partial charge in [0.1, 0.15) is 6.61 Å². The van der Waals surface area contributed by atoms with Gasteiger partial charge in [0, 0.05) is 18.4 Å². The maximum absolute atomic E-state index is 12.8. The fraction of sp³-hybridized carbons (Fsp3) is 0.423. The molecular weight excluding hydrogens is 436 g/mol. The lowest BCUT2D eigenvalue weighted by molar-refractivity contribution is -0.183. The van der Waals surface area contributed by atoms with Crippen LogP contribution in [0.3, 0.4) is 0 Å². The van der Waals surface area contributed by atoms with Crippen LogP contribution in [0.4, 0.5) is 4.79 Å². The van der Waals surface area contributed by atoms with Crippen LogP contribution in [0.25, 0.3) is 11.1 Å². The SMILES string of the molecule is O=C(NCC1CCCC1C(=O)N1CC(O)(C(=O)O)C1)OCC1c2ccccc2-c2ccccc21. The third-order valence-electron chi connectivity index (χ3n) is 7.44. The molecule has 2 aromatic carbocycles. The summed E-state index contributed by atoms with van der Waals surface area (Å²) < 4.78 is 5.58. The van der Waals surface area contributed by atoms with E-state index in [2.05, 4.69) is 29.6 Å². The number of benzene rings is 2. The number of rotatable bonds is 6. The molecule has 2 unspecified atom stereocenters. The Kier molecular flexibility index (Phi) is 5.77. The number of amides is 2. The van der Waals surface area contributed by atoms with Crippen molar-refractivity contribution >= 4 is 18.0 Å². The average Bonchev–Trinajstić information content (AvgIpc) is 3.41. The number of carbonyl (C=O) groups is 3. The number of nitrogens with one attached hydrogen (secondary N) is 1. The second-order valence-electron chi connectivity index (χ2n) is 9.53. The predicted octanol–water partition coefficient (Wildman–Crippen LogP) is 2.60. The van der Waals surface area contributed by atoms with Crippen molar-refractivity contribution in [3.05, 3.63) is 59.7 Å². The first-order chi connectivity index (χ1) is 16.4. The first-order valence-electron chi connectivity index (χ1n) is 11.7. The fourth-order valence-electron chi connectivity index (χ4n) is 5.58. The van der Waals surface area contributed by atoms with Gasteiger partial charge in [-0.05, 0) is 41.0 Å². The van der Waals surface area contributed by atoms with Crippen LogP contribution < -0.4 is 5.32 Å². The topological polar surface area (TPSA) is 116 Å². The molecule has 3 aliphatic rings. The second kappa shape index (κ2) is 8.76. The molecule has 2 fully saturated rings. The van der Waals surface area contributed by atoms with Gasteiger partial charge < -0.3 is 25.2 Å². The van der Waals surface area contributed by atoms with Gasteiger partial charge in [-0.1, -0.05) is 55.0 Å². The number of β-amino-alcohol motifs (C(OH)–C–C–N with tert-alkyl or cyclic N) is 1. The number of ether oxygens (including phenoxy) is 1. The lowest BCUT2D eigenvalue weighted by atomic mass is 9.89. The zero-order chi connectivity index (χ0) is 23.9.